The highest BCUT2D eigenvalue weighted by Gasteiger charge is 2.18. The molecule has 1 saturated heterocycles. The fourth-order valence-corrected chi connectivity index (χ4v) is 2.32. The van der Waals surface area contributed by atoms with Crippen molar-refractivity contribution in [2.75, 3.05) is 26.3 Å². The summed E-state index contributed by atoms with van der Waals surface area (Å²) >= 11 is 0. The minimum absolute atomic E-state index is 0.0454. The lowest BCUT2D eigenvalue weighted by Crippen LogP contribution is -2.41. The summed E-state index contributed by atoms with van der Waals surface area (Å²) < 4.78 is 7.24. The topological polar surface area (TPSA) is 73.4 Å². The number of nitrogens with two attached hydrogens (primary N) is 1. The van der Waals surface area contributed by atoms with Gasteiger partial charge in [0.2, 0.25) is 5.91 Å². The number of aryl methyl sites for hydroxylation is 1. The van der Waals surface area contributed by atoms with E-state index in [1.807, 2.05) is 9.47 Å². The van der Waals surface area contributed by atoms with Crippen LogP contribution in [0.1, 0.15) is 32.0 Å². The Bertz CT molecular complexity index is 438. The van der Waals surface area contributed by atoms with Crippen LogP contribution in [0.25, 0.3) is 0 Å². The van der Waals surface area contributed by atoms with Gasteiger partial charge in [0.15, 0.2) is 0 Å². The van der Waals surface area contributed by atoms with Crippen LogP contribution in [0.2, 0.25) is 0 Å². The summed E-state index contributed by atoms with van der Waals surface area (Å²) in [5.74, 6) is 0.520. The van der Waals surface area contributed by atoms with Crippen molar-refractivity contribution in [1.29, 1.82) is 0 Å². The van der Waals surface area contributed by atoms with Crippen molar-refractivity contribution in [2.45, 2.75) is 32.9 Å². The van der Waals surface area contributed by atoms with E-state index in [4.69, 9.17) is 10.5 Å². The number of nitrogens with zero attached hydrogens (tertiary/aromatic N) is 3. The van der Waals surface area contributed by atoms with Crippen molar-refractivity contribution >= 4 is 5.91 Å². The van der Waals surface area contributed by atoms with Crippen LogP contribution in [0.15, 0.2) is 12.5 Å². The third kappa shape index (κ3) is 3.58. The lowest BCUT2D eigenvalue weighted by molar-refractivity contribution is -0.135. The highest BCUT2D eigenvalue weighted by molar-refractivity contribution is 5.76. The van der Waals surface area contributed by atoms with Crippen LogP contribution in [0, 0.1) is 5.92 Å². The summed E-state index contributed by atoms with van der Waals surface area (Å²) in [7, 11) is 0. The largest absolute Gasteiger partial charge is 0.378 e. The molecule has 0 radical (unpaired) electrons. The fraction of sp³-hybridized carbons (Fsp3) is 0.714. The Balaban J connectivity index is 1.90. The number of morpholine rings is 1. The van der Waals surface area contributed by atoms with Gasteiger partial charge in [-0.05, 0) is 5.92 Å². The van der Waals surface area contributed by atoms with Gasteiger partial charge in [-0.1, -0.05) is 13.8 Å². The predicted octanol–water partition coefficient (Wildman–Crippen LogP) is 0.788. The fourth-order valence-electron chi connectivity index (χ4n) is 2.32. The van der Waals surface area contributed by atoms with Gasteiger partial charge in [-0.25, -0.2) is 4.98 Å². The second-order valence-electron chi connectivity index (χ2n) is 5.52. The first-order valence-corrected chi connectivity index (χ1v) is 7.20. The molecule has 112 valence electrons. The van der Waals surface area contributed by atoms with Crippen molar-refractivity contribution in [2.24, 2.45) is 11.7 Å². The normalized spacial score (nSPS) is 17.5. The molecule has 6 heteroatoms. The predicted molar refractivity (Wildman–Crippen MR) is 76.0 cm³/mol. The molecule has 0 spiro atoms. The lowest BCUT2D eigenvalue weighted by atomic mass is 10.0. The van der Waals surface area contributed by atoms with Gasteiger partial charge < -0.3 is 19.9 Å². The Morgan fingerprint density at radius 2 is 2.15 bits per heavy atom. The number of carbonyl (C=O) groups is 1. The molecule has 0 bridgehead atoms. The van der Waals surface area contributed by atoms with E-state index in [1.165, 1.54) is 0 Å². The summed E-state index contributed by atoms with van der Waals surface area (Å²) in [4.78, 5) is 18.1. The highest BCUT2D eigenvalue weighted by Crippen LogP contribution is 2.18. The molecule has 0 aromatic carbocycles. The zero-order chi connectivity index (χ0) is 14.5. The van der Waals surface area contributed by atoms with E-state index < -0.39 is 0 Å². The van der Waals surface area contributed by atoms with E-state index in [-0.39, 0.29) is 11.9 Å². The molecular weight excluding hydrogens is 256 g/mol. The van der Waals surface area contributed by atoms with Crippen LogP contribution in [0.5, 0.6) is 0 Å². The average Bonchev–Trinajstić information content (AvgIpc) is 2.93. The third-order valence-electron chi connectivity index (χ3n) is 3.73. The van der Waals surface area contributed by atoms with E-state index in [2.05, 4.69) is 18.8 Å². The summed E-state index contributed by atoms with van der Waals surface area (Å²) in [6.45, 7) is 7.47. The number of carbonyl (C=O) groups excluding carboxylic acids is 1. The summed E-state index contributed by atoms with van der Waals surface area (Å²) in [6, 6.07) is -0.0454. The SMILES string of the molecule is CC(C)C(N)c1cncn1CCC(=O)N1CCOCC1. The van der Waals surface area contributed by atoms with Crippen LogP contribution in [0.3, 0.4) is 0 Å². The standard InChI is InChI=1S/C14H24N4O2/c1-11(2)14(15)12-9-16-10-18(12)4-3-13(19)17-5-7-20-8-6-17/h9-11,14H,3-8,15H2,1-2H3. The average molecular weight is 280 g/mol. The van der Waals surface area contributed by atoms with Crippen molar-refractivity contribution in [3.05, 3.63) is 18.2 Å². The smallest absolute Gasteiger partial charge is 0.224 e. The Hall–Kier alpha value is -1.40. The minimum atomic E-state index is -0.0454. The first-order valence-electron chi connectivity index (χ1n) is 7.20. The van der Waals surface area contributed by atoms with Crippen molar-refractivity contribution < 1.29 is 9.53 Å². The monoisotopic (exact) mass is 280 g/mol. The minimum Gasteiger partial charge on any atom is -0.378 e. The number of hydrogen-bond acceptors (Lipinski definition) is 4. The van der Waals surface area contributed by atoms with Gasteiger partial charge in [0.05, 0.1) is 25.2 Å². The molecule has 0 saturated carbocycles. The molecule has 1 aliphatic rings. The zero-order valence-electron chi connectivity index (χ0n) is 12.3. The molecule has 1 aromatic heterocycles. The molecule has 1 unspecified atom stereocenters. The van der Waals surface area contributed by atoms with Crippen LogP contribution < -0.4 is 5.73 Å². The molecule has 1 aromatic rings. The molecule has 20 heavy (non-hydrogen) atoms. The van der Waals surface area contributed by atoms with Gasteiger partial charge in [0.25, 0.3) is 0 Å². The van der Waals surface area contributed by atoms with E-state index >= 15 is 0 Å². The second-order valence-corrected chi connectivity index (χ2v) is 5.52. The quantitative estimate of drug-likeness (QED) is 0.865. The summed E-state index contributed by atoms with van der Waals surface area (Å²) in [5.41, 5.74) is 7.15. The number of hydrogen-bond donors (Lipinski definition) is 1. The number of imidazole rings is 1. The molecule has 1 atom stereocenters. The van der Waals surface area contributed by atoms with Gasteiger partial charge in [0.1, 0.15) is 0 Å². The molecule has 0 aliphatic carbocycles. The molecular formula is C14H24N4O2. The molecule has 1 aliphatic heterocycles. The number of rotatable bonds is 5. The van der Waals surface area contributed by atoms with Crippen molar-refractivity contribution in [3.8, 4) is 0 Å². The lowest BCUT2D eigenvalue weighted by Gasteiger charge is -2.27. The number of amides is 1. The third-order valence-corrected chi connectivity index (χ3v) is 3.73. The van der Waals surface area contributed by atoms with Crippen LogP contribution in [-0.4, -0.2) is 46.7 Å². The molecule has 2 heterocycles. The molecule has 2 N–H and O–H groups in total. The van der Waals surface area contributed by atoms with Crippen LogP contribution in [-0.2, 0) is 16.1 Å². The van der Waals surface area contributed by atoms with Gasteiger partial charge in [-0.3, -0.25) is 4.79 Å². The Morgan fingerprint density at radius 1 is 1.45 bits per heavy atom. The maximum atomic E-state index is 12.1. The molecule has 1 amide bonds. The van der Waals surface area contributed by atoms with Crippen molar-refractivity contribution in [1.82, 2.24) is 14.5 Å². The molecule has 6 nitrogen and oxygen atoms in total. The van der Waals surface area contributed by atoms with Crippen LogP contribution in [0.4, 0.5) is 0 Å². The zero-order valence-corrected chi connectivity index (χ0v) is 12.3. The van der Waals surface area contributed by atoms with Gasteiger partial charge >= 0.3 is 0 Å². The highest BCUT2D eigenvalue weighted by atomic mass is 16.5. The summed E-state index contributed by atoms with van der Waals surface area (Å²) in [6.07, 6.45) is 4.03. The van der Waals surface area contributed by atoms with E-state index in [0.29, 0.717) is 45.2 Å². The summed E-state index contributed by atoms with van der Waals surface area (Å²) in [5, 5.41) is 0. The van der Waals surface area contributed by atoms with Crippen molar-refractivity contribution in [3.63, 3.8) is 0 Å². The van der Waals surface area contributed by atoms with Gasteiger partial charge in [-0.15, -0.1) is 0 Å². The maximum Gasteiger partial charge on any atom is 0.224 e. The van der Waals surface area contributed by atoms with Gasteiger partial charge in [-0.2, -0.15) is 0 Å². The van der Waals surface area contributed by atoms with E-state index in [1.54, 1.807) is 12.5 Å². The molecule has 2 rings (SSSR count). The Kier molecular flexibility index (Phi) is 5.14. The van der Waals surface area contributed by atoms with E-state index in [0.717, 1.165) is 5.69 Å². The Labute approximate surface area is 119 Å². The van der Waals surface area contributed by atoms with Gasteiger partial charge in [0, 0.05) is 38.3 Å². The first kappa shape index (κ1) is 15.0. The Morgan fingerprint density at radius 3 is 2.80 bits per heavy atom. The van der Waals surface area contributed by atoms with Crippen LogP contribution >= 0.6 is 0 Å². The van der Waals surface area contributed by atoms with E-state index in [9.17, 15) is 4.79 Å². The molecule has 1 fully saturated rings. The number of aromatic nitrogens is 2. The number of ether oxygens (including phenoxy) is 1. The second kappa shape index (κ2) is 6.85. The first-order chi connectivity index (χ1) is 9.59. The maximum absolute atomic E-state index is 12.1.